The molecule has 88 valence electrons. The Morgan fingerprint density at radius 3 is 2.60 bits per heavy atom. The second kappa shape index (κ2) is 8.97. The van der Waals surface area contributed by atoms with E-state index in [1.165, 1.54) is 11.8 Å². The van der Waals surface area contributed by atoms with E-state index in [9.17, 15) is 4.79 Å². The first-order valence-electron chi connectivity index (χ1n) is 5.11. The van der Waals surface area contributed by atoms with E-state index in [-0.39, 0.29) is 11.2 Å². The van der Waals surface area contributed by atoms with Gasteiger partial charge in [-0.3, -0.25) is 4.79 Å². The fourth-order valence-electron chi connectivity index (χ4n) is 0.779. The van der Waals surface area contributed by atoms with Gasteiger partial charge in [-0.2, -0.15) is 0 Å². The van der Waals surface area contributed by atoms with Crippen LogP contribution in [0.4, 0.5) is 0 Å². The molecule has 0 aromatic carbocycles. The van der Waals surface area contributed by atoms with E-state index in [2.05, 4.69) is 6.92 Å². The second-order valence-electron chi connectivity index (χ2n) is 2.96. The second-order valence-corrected chi connectivity index (χ2v) is 4.91. The lowest BCUT2D eigenvalue weighted by Gasteiger charge is -2.11. The summed E-state index contributed by atoms with van der Waals surface area (Å²) in [4.78, 5) is 11.4. The average Bonchev–Trinajstić information content (AvgIpc) is 2.18. The zero-order chi connectivity index (χ0) is 11.7. The summed E-state index contributed by atoms with van der Waals surface area (Å²) in [5, 5.41) is -0.291. The maximum absolute atomic E-state index is 11.4. The summed E-state index contributed by atoms with van der Waals surface area (Å²) in [6.07, 6.45) is 1.92. The molecule has 0 aliphatic heterocycles. The summed E-state index contributed by atoms with van der Waals surface area (Å²) >= 11 is 6.14. The van der Waals surface area contributed by atoms with Crippen molar-refractivity contribution >= 4 is 34.3 Å². The van der Waals surface area contributed by atoms with Crippen LogP contribution in [-0.2, 0) is 14.3 Å². The molecule has 0 aliphatic carbocycles. The van der Waals surface area contributed by atoms with Gasteiger partial charge in [-0.15, -0.1) is 0 Å². The third-order valence-corrected chi connectivity index (χ3v) is 2.87. The predicted molar refractivity (Wildman–Crippen MR) is 67.1 cm³/mol. The lowest BCUT2D eigenvalue weighted by atomic mass is 10.4. The fourth-order valence-corrected chi connectivity index (χ4v) is 1.97. The van der Waals surface area contributed by atoms with Gasteiger partial charge in [0.25, 0.3) is 0 Å². The van der Waals surface area contributed by atoms with Gasteiger partial charge in [0.15, 0.2) is 0 Å². The molecule has 0 spiro atoms. The Labute approximate surface area is 101 Å². The molecule has 3 nitrogen and oxygen atoms in total. The summed E-state index contributed by atoms with van der Waals surface area (Å²) < 4.78 is 10.5. The molecule has 0 saturated heterocycles. The summed E-state index contributed by atoms with van der Waals surface area (Å²) in [6, 6.07) is 0. The van der Waals surface area contributed by atoms with Gasteiger partial charge in [0.2, 0.25) is 4.38 Å². The molecule has 0 heterocycles. The van der Waals surface area contributed by atoms with Crippen LogP contribution in [0.25, 0.3) is 0 Å². The Hall–Kier alpha value is -0.290. The van der Waals surface area contributed by atoms with Crippen LogP contribution in [0.3, 0.4) is 0 Å². The number of carbonyl (C=O) groups is 1. The Bertz CT molecular complexity index is 207. The largest absolute Gasteiger partial charge is 0.479 e. The van der Waals surface area contributed by atoms with E-state index in [0.29, 0.717) is 17.6 Å². The van der Waals surface area contributed by atoms with Gasteiger partial charge in [0.1, 0.15) is 5.25 Å². The van der Waals surface area contributed by atoms with Crippen LogP contribution in [0, 0.1) is 0 Å². The monoisotopic (exact) mass is 250 g/mol. The van der Waals surface area contributed by atoms with E-state index in [0.717, 1.165) is 12.8 Å². The minimum atomic E-state index is -0.291. The van der Waals surface area contributed by atoms with Gasteiger partial charge in [0, 0.05) is 0 Å². The number of ether oxygens (including phenoxy) is 2. The first-order chi connectivity index (χ1) is 7.11. The van der Waals surface area contributed by atoms with Gasteiger partial charge in [-0.1, -0.05) is 25.1 Å². The minimum Gasteiger partial charge on any atom is -0.479 e. The van der Waals surface area contributed by atoms with Crippen LogP contribution >= 0.6 is 24.0 Å². The Morgan fingerprint density at radius 1 is 1.40 bits per heavy atom. The van der Waals surface area contributed by atoms with Crippen molar-refractivity contribution in [1.82, 2.24) is 0 Å². The summed E-state index contributed by atoms with van der Waals surface area (Å²) in [5.41, 5.74) is 0. The molecule has 5 heteroatoms. The average molecular weight is 250 g/mol. The molecule has 0 rings (SSSR count). The van der Waals surface area contributed by atoms with Gasteiger partial charge >= 0.3 is 5.97 Å². The van der Waals surface area contributed by atoms with Gasteiger partial charge in [-0.05, 0) is 32.5 Å². The number of thioether (sulfide) groups is 1. The zero-order valence-corrected chi connectivity index (χ0v) is 11.1. The first kappa shape index (κ1) is 14.7. The van der Waals surface area contributed by atoms with Gasteiger partial charge in [-0.25, -0.2) is 0 Å². The highest BCUT2D eigenvalue weighted by atomic mass is 32.2. The maximum Gasteiger partial charge on any atom is 0.319 e. The number of hydrogen-bond donors (Lipinski definition) is 0. The van der Waals surface area contributed by atoms with E-state index in [1.54, 1.807) is 6.92 Å². The molecule has 0 aromatic heterocycles. The number of carbonyl (C=O) groups excluding carboxylic acids is 1. The molecule has 15 heavy (non-hydrogen) atoms. The zero-order valence-electron chi connectivity index (χ0n) is 9.45. The molecule has 0 fully saturated rings. The first-order valence-corrected chi connectivity index (χ1v) is 6.40. The summed E-state index contributed by atoms with van der Waals surface area (Å²) in [6.45, 7) is 6.70. The molecule has 0 aromatic rings. The molecule has 0 amide bonds. The highest BCUT2D eigenvalue weighted by Crippen LogP contribution is 2.15. The van der Waals surface area contributed by atoms with E-state index in [4.69, 9.17) is 21.7 Å². The normalized spacial score (nSPS) is 11.9. The van der Waals surface area contributed by atoms with Crippen LogP contribution in [0.1, 0.15) is 33.6 Å². The van der Waals surface area contributed by atoms with Crippen LogP contribution in [-0.4, -0.2) is 28.8 Å². The highest BCUT2D eigenvalue weighted by Gasteiger charge is 2.17. The van der Waals surface area contributed by atoms with E-state index < -0.39 is 0 Å². The summed E-state index contributed by atoms with van der Waals surface area (Å²) in [7, 11) is 0. The molecule has 0 aliphatic rings. The molecule has 1 unspecified atom stereocenters. The van der Waals surface area contributed by atoms with Gasteiger partial charge in [0.05, 0.1) is 13.2 Å². The fraction of sp³-hybridized carbons (Fsp3) is 0.800. The van der Waals surface area contributed by atoms with Crippen molar-refractivity contribution in [3.05, 3.63) is 0 Å². The molecular weight excluding hydrogens is 232 g/mol. The molecular formula is C10H18O3S2. The molecule has 1 atom stereocenters. The molecule has 0 saturated carbocycles. The van der Waals surface area contributed by atoms with Crippen molar-refractivity contribution in [2.75, 3.05) is 13.2 Å². The third-order valence-electron chi connectivity index (χ3n) is 1.61. The molecule has 0 radical (unpaired) electrons. The number of rotatable bonds is 6. The van der Waals surface area contributed by atoms with Crippen molar-refractivity contribution in [2.24, 2.45) is 0 Å². The Kier molecular flexibility index (Phi) is 8.80. The topological polar surface area (TPSA) is 35.5 Å². The predicted octanol–water partition coefficient (Wildman–Crippen LogP) is 2.77. The van der Waals surface area contributed by atoms with Crippen LogP contribution in [0.2, 0.25) is 0 Å². The van der Waals surface area contributed by atoms with Crippen molar-refractivity contribution in [2.45, 2.75) is 38.9 Å². The molecule has 0 bridgehead atoms. The van der Waals surface area contributed by atoms with Crippen molar-refractivity contribution in [1.29, 1.82) is 0 Å². The lowest BCUT2D eigenvalue weighted by Crippen LogP contribution is -2.19. The van der Waals surface area contributed by atoms with Crippen LogP contribution < -0.4 is 0 Å². The Morgan fingerprint density at radius 2 is 2.07 bits per heavy atom. The maximum atomic E-state index is 11.4. The number of thiocarbonyl (C=S) groups is 1. The summed E-state index contributed by atoms with van der Waals surface area (Å²) in [5.74, 6) is -0.226. The minimum absolute atomic E-state index is 0.226. The SMILES string of the molecule is CCCCOC(=O)C(C)SC(=S)OCC. The van der Waals surface area contributed by atoms with E-state index in [1.807, 2.05) is 6.92 Å². The number of unbranched alkanes of at least 4 members (excludes halogenated alkanes) is 1. The van der Waals surface area contributed by atoms with E-state index >= 15 is 0 Å². The van der Waals surface area contributed by atoms with Crippen molar-refractivity contribution in [3.8, 4) is 0 Å². The number of hydrogen-bond acceptors (Lipinski definition) is 5. The van der Waals surface area contributed by atoms with Crippen molar-refractivity contribution in [3.63, 3.8) is 0 Å². The van der Waals surface area contributed by atoms with Crippen molar-refractivity contribution < 1.29 is 14.3 Å². The third kappa shape index (κ3) is 7.62. The van der Waals surface area contributed by atoms with Crippen LogP contribution in [0.15, 0.2) is 0 Å². The quantitative estimate of drug-likeness (QED) is 0.411. The number of esters is 1. The van der Waals surface area contributed by atoms with Crippen LogP contribution in [0.5, 0.6) is 0 Å². The lowest BCUT2D eigenvalue weighted by molar-refractivity contribution is -0.142. The Balaban J connectivity index is 3.73. The highest BCUT2D eigenvalue weighted by molar-refractivity contribution is 8.23. The van der Waals surface area contributed by atoms with Gasteiger partial charge < -0.3 is 9.47 Å². The smallest absolute Gasteiger partial charge is 0.319 e. The molecule has 0 N–H and O–H groups in total. The standard InChI is InChI=1S/C10H18O3S2/c1-4-6-7-13-9(11)8(3)15-10(14)12-5-2/h8H,4-7H2,1-3H3.